The third-order valence-electron chi connectivity index (χ3n) is 2.58. The van der Waals surface area contributed by atoms with Gasteiger partial charge in [-0.25, -0.2) is 13.4 Å². The first-order valence-corrected chi connectivity index (χ1v) is 6.75. The standard InChI is InChI=1S/C11H13N3O2S/c1-3-9-6-4-5-8(2)10(9)17(15,16)11-12-7-13-14-11/h4-7H,3H2,1-2H3,(H,12,13,14). The fourth-order valence-corrected chi connectivity index (χ4v) is 3.39. The SMILES string of the molecule is CCc1cccc(C)c1S(=O)(=O)c1nc[nH]n1. The summed E-state index contributed by atoms with van der Waals surface area (Å²) in [5, 5.41) is 5.90. The van der Waals surface area contributed by atoms with Crippen LogP contribution in [0, 0.1) is 6.92 Å². The minimum atomic E-state index is -3.62. The van der Waals surface area contributed by atoms with Crippen LogP contribution in [-0.2, 0) is 16.3 Å². The van der Waals surface area contributed by atoms with Gasteiger partial charge >= 0.3 is 0 Å². The summed E-state index contributed by atoms with van der Waals surface area (Å²) >= 11 is 0. The van der Waals surface area contributed by atoms with E-state index in [1.54, 1.807) is 13.0 Å². The molecule has 2 aromatic rings. The van der Waals surface area contributed by atoms with Gasteiger partial charge in [0.05, 0.1) is 4.90 Å². The van der Waals surface area contributed by atoms with Crippen LogP contribution in [0.2, 0.25) is 0 Å². The fraction of sp³-hybridized carbons (Fsp3) is 0.273. The number of benzene rings is 1. The van der Waals surface area contributed by atoms with Crippen LogP contribution in [0.5, 0.6) is 0 Å². The van der Waals surface area contributed by atoms with Crippen molar-refractivity contribution in [2.45, 2.75) is 30.3 Å². The molecule has 0 aliphatic carbocycles. The van der Waals surface area contributed by atoms with Crippen molar-refractivity contribution in [3.8, 4) is 0 Å². The third kappa shape index (κ3) is 1.95. The van der Waals surface area contributed by atoms with Crippen molar-refractivity contribution in [3.63, 3.8) is 0 Å². The lowest BCUT2D eigenvalue weighted by molar-refractivity contribution is 0.586. The molecule has 0 aliphatic rings. The van der Waals surface area contributed by atoms with E-state index in [1.165, 1.54) is 6.33 Å². The van der Waals surface area contributed by atoms with Gasteiger partial charge in [0, 0.05) is 0 Å². The molecule has 0 bridgehead atoms. The molecule has 0 unspecified atom stereocenters. The largest absolute Gasteiger partial charge is 0.271 e. The number of H-pyrrole nitrogens is 1. The van der Waals surface area contributed by atoms with Crippen molar-refractivity contribution in [2.24, 2.45) is 0 Å². The van der Waals surface area contributed by atoms with E-state index in [0.29, 0.717) is 16.9 Å². The molecule has 90 valence electrons. The highest BCUT2D eigenvalue weighted by Gasteiger charge is 2.25. The summed E-state index contributed by atoms with van der Waals surface area (Å²) in [6.45, 7) is 3.70. The zero-order chi connectivity index (χ0) is 12.5. The van der Waals surface area contributed by atoms with Crippen molar-refractivity contribution in [1.29, 1.82) is 0 Å². The van der Waals surface area contributed by atoms with Crippen LogP contribution in [0.1, 0.15) is 18.1 Å². The highest BCUT2D eigenvalue weighted by atomic mass is 32.2. The number of aromatic nitrogens is 3. The second-order valence-electron chi connectivity index (χ2n) is 3.70. The van der Waals surface area contributed by atoms with Crippen LogP contribution in [-0.4, -0.2) is 23.6 Å². The minimum Gasteiger partial charge on any atom is -0.265 e. The highest BCUT2D eigenvalue weighted by Crippen LogP contribution is 2.25. The number of nitrogens with zero attached hydrogens (tertiary/aromatic N) is 2. The van der Waals surface area contributed by atoms with Gasteiger partial charge in [-0.2, -0.15) is 0 Å². The number of rotatable bonds is 3. The van der Waals surface area contributed by atoms with Crippen molar-refractivity contribution in [1.82, 2.24) is 15.2 Å². The van der Waals surface area contributed by atoms with Crippen LogP contribution >= 0.6 is 0 Å². The number of nitrogens with one attached hydrogen (secondary N) is 1. The molecule has 0 radical (unpaired) electrons. The summed E-state index contributed by atoms with van der Waals surface area (Å²) in [4.78, 5) is 4.05. The summed E-state index contributed by atoms with van der Waals surface area (Å²) in [6, 6.07) is 5.44. The molecule has 2 rings (SSSR count). The molecule has 0 atom stereocenters. The van der Waals surface area contributed by atoms with Crippen LogP contribution in [0.4, 0.5) is 0 Å². The lowest BCUT2D eigenvalue weighted by Gasteiger charge is -2.09. The lowest BCUT2D eigenvalue weighted by atomic mass is 10.1. The van der Waals surface area contributed by atoms with E-state index in [1.807, 2.05) is 19.1 Å². The second kappa shape index (κ2) is 4.29. The molecule has 1 aromatic carbocycles. The average Bonchev–Trinajstić information content (AvgIpc) is 2.82. The number of hydrogen-bond donors (Lipinski definition) is 1. The molecule has 0 amide bonds. The van der Waals surface area contributed by atoms with Gasteiger partial charge in [-0.05, 0) is 24.5 Å². The van der Waals surface area contributed by atoms with Crippen molar-refractivity contribution < 1.29 is 8.42 Å². The molecule has 0 fully saturated rings. The van der Waals surface area contributed by atoms with E-state index in [2.05, 4.69) is 15.2 Å². The Morgan fingerprint density at radius 3 is 2.71 bits per heavy atom. The van der Waals surface area contributed by atoms with Gasteiger partial charge in [-0.15, -0.1) is 5.10 Å². The van der Waals surface area contributed by atoms with Crippen molar-refractivity contribution in [3.05, 3.63) is 35.7 Å². The molecule has 0 saturated carbocycles. The average molecular weight is 251 g/mol. The zero-order valence-electron chi connectivity index (χ0n) is 9.64. The number of aromatic amines is 1. The molecular weight excluding hydrogens is 238 g/mol. The van der Waals surface area contributed by atoms with Crippen LogP contribution < -0.4 is 0 Å². The van der Waals surface area contributed by atoms with Gasteiger partial charge in [0.1, 0.15) is 6.33 Å². The Bertz CT molecular complexity index is 618. The second-order valence-corrected chi connectivity index (χ2v) is 5.48. The smallest absolute Gasteiger partial charge is 0.265 e. The Kier molecular flexibility index (Phi) is 2.97. The zero-order valence-corrected chi connectivity index (χ0v) is 10.5. The predicted octanol–water partition coefficient (Wildman–Crippen LogP) is 1.51. The normalized spacial score (nSPS) is 11.6. The van der Waals surface area contributed by atoms with Crippen LogP contribution in [0.15, 0.2) is 34.6 Å². The van der Waals surface area contributed by atoms with Crippen molar-refractivity contribution in [2.75, 3.05) is 0 Å². The first-order valence-electron chi connectivity index (χ1n) is 5.26. The molecule has 17 heavy (non-hydrogen) atoms. The third-order valence-corrected chi connectivity index (χ3v) is 4.38. The summed E-state index contributed by atoms with van der Waals surface area (Å²) < 4.78 is 24.7. The molecule has 0 saturated heterocycles. The maximum atomic E-state index is 12.4. The lowest BCUT2D eigenvalue weighted by Crippen LogP contribution is -2.09. The Morgan fingerprint density at radius 1 is 1.35 bits per heavy atom. The number of hydrogen-bond acceptors (Lipinski definition) is 4. The first-order chi connectivity index (χ1) is 8.07. The summed E-state index contributed by atoms with van der Waals surface area (Å²) in [5.41, 5.74) is 1.50. The van der Waals surface area contributed by atoms with Gasteiger partial charge in [-0.1, -0.05) is 25.1 Å². The van der Waals surface area contributed by atoms with Gasteiger partial charge < -0.3 is 0 Å². The predicted molar refractivity (Wildman–Crippen MR) is 62.4 cm³/mol. The Morgan fingerprint density at radius 2 is 2.12 bits per heavy atom. The summed E-state index contributed by atoms with van der Waals surface area (Å²) in [6.07, 6.45) is 1.91. The van der Waals surface area contributed by atoms with Gasteiger partial charge in [0.15, 0.2) is 0 Å². The van der Waals surface area contributed by atoms with Crippen LogP contribution in [0.25, 0.3) is 0 Å². The van der Waals surface area contributed by atoms with E-state index in [-0.39, 0.29) is 5.16 Å². The molecule has 6 heteroatoms. The molecule has 1 heterocycles. The number of aryl methyl sites for hydroxylation is 2. The molecule has 1 N–H and O–H groups in total. The van der Waals surface area contributed by atoms with E-state index >= 15 is 0 Å². The Hall–Kier alpha value is -1.69. The molecule has 1 aromatic heterocycles. The minimum absolute atomic E-state index is 0.179. The van der Waals surface area contributed by atoms with Gasteiger partial charge in [0.2, 0.25) is 9.84 Å². The van der Waals surface area contributed by atoms with Crippen LogP contribution in [0.3, 0.4) is 0 Å². The van der Waals surface area contributed by atoms with Gasteiger partial charge in [0.25, 0.3) is 5.16 Å². The maximum absolute atomic E-state index is 12.4. The van der Waals surface area contributed by atoms with Crippen molar-refractivity contribution >= 4 is 9.84 Å². The molecule has 0 aliphatic heterocycles. The quantitative estimate of drug-likeness (QED) is 0.897. The Labute approximate surface area is 99.8 Å². The highest BCUT2D eigenvalue weighted by molar-refractivity contribution is 7.91. The summed E-state index contributed by atoms with van der Waals surface area (Å²) in [7, 11) is -3.62. The molecular formula is C11H13N3O2S. The fourth-order valence-electron chi connectivity index (χ4n) is 1.79. The Balaban J connectivity index is 2.70. The first kappa shape index (κ1) is 11.8. The van der Waals surface area contributed by atoms with Gasteiger partial charge in [-0.3, -0.25) is 5.10 Å². The van der Waals surface area contributed by atoms with E-state index in [0.717, 1.165) is 5.56 Å². The molecule has 5 nitrogen and oxygen atoms in total. The van der Waals surface area contributed by atoms with E-state index in [4.69, 9.17) is 0 Å². The number of sulfone groups is 1. The maximum Gasteiger partial charge on any atom is 0.271 e. The topological polar surface area (TPSA) is 75.7 Å². The summed E-state index contributed by atoms with van der Waals surface area (Å²) in [5.74, 6) is 0. The van der Waals surface area contributed by atoms with E-state index < -0.39 is 9.84 Å². The molecule has 0 spiro atoms. The monoisotopic (exact) mass is 251 g/mol. The van der Waals surface area contributed by atoms with E-state index in [9.17, 15) is 8.42 Å².